The molecule has 0 bridgehead atoms. The molecule has 1 saturated carbocycles. The van der Waals surface area contributed by atoms with E-state index in [9.17, 15) is 9.59 Å². The Morgan fingerprint density at radius 2 is 2.13 bits per heavy atom. The van der Waals surface area contributed by atoms with E-state index in [0.29, 0.717) is 30.4 Å². The number of anilines is 1. The average Bonchev–Trinajstić information content (AvgIpc) is 3.16. The quantitative estimate of drug-likeness (QED) is 0.913. The number of carbonyl (C=O) groups excluding carboxylic acids is 2. The summed E-state index contributed by atoms with van der Waals surface area (Å²) in [6.45, 7) is 1.37. The molecule has 23 heavy (non-hydrogen) atoms. The van der Waals surface area contributed by atoms with Crippen LogP contribution >= 0.6 is 0 Å². The molecule has 3 rings (SSSR count). The molecule has 1 saturated heterocycles. The topological polar surface area (TPSA) is 79.5 Å². The molecule has 2 heterocycles. The molecule has 1 unspecified atom stereocenters. The van der Waals surface area contributed by atoms with Crippen LogP contribution in [0.5, 0.6) is 0 Å². The van der Waals surface area contributed by atoms with Crippen molar-refractivity contribution in [1.29, 1.82) is 0 Å². The molecule has 1 aliphatic carbocycles. The minimum absolute atomic E-state index is 0.0794. The van der Waals surface area contributed by atoms with Crippen LogP contribution in [0.2, 0.25) is 0 Å². The maximum atomic E-state index is 12.4. The average molecular weight is 316 g/mol. The lowest BCUT2D eigenvalue weighted by molar-refractivity contribution is -0.129. The highest BCUT2D eigenvalue weighted by Crippen LogP contribution is 2.29. The predicted octanol–water partition coefficient (Wildman–Crippen LogP) is 1.53. The van der Waals surface area contributed by atoms with E-state index in [2.05, 4.69) is 4.98 Å². The van der Waals surface area contributed by atoms with Gasteiger partial charge in [-0.25, -0.2) is 4.98 Å². The van der Waals surface area contributed by atoms with Crippen LogP contribution in [0.3, 0.4) is 0 Å². The van der Waals surface area contributed by atoms with Gasteiger partial charge in [-0.2, -0.15) is 0 Å². The largest absolute Gasteiger partial charge is 0.384 e. The molecule has 1 aromatic rings. The van der Waals surface area contributed by atoms with E-state index in [1.54, 1.807) is 24.1 Å². The van der Waals surface area contributed by atoms with E-state index in [1.165, 1.54) is 19.0 Å². The van der Waals surface area contributed by atoms with Gasteiger partial charge in [0.15, 0.2) is 0 Å². The Labute approximate surface area is 136 Å². The van der Waals surface area contributed by atoms with Crippen molar-refractivity contribution in [3.63, 3.8) is 0 Å². The minimum atomic E-state index is -0.0794. The van der Waals surface area contributed by atoms with Crippen LogP contribution in [-0.2, 0) is 4.79 Å². The number of likely N-dealkylation sites (tertiary alicyclic amines) is 1. The molecule has 6 nitrogen and oxygen atoms in total. The number of nitrogen functional groups attached to an aromatic ring is 1. The summed E-state index contributed by atoms with van der Waals surface area (Å²) in [4.78, 5) is 32.3. The van der Waals surface area contributed by atoms with Crippen molar-refractivity contribution in [3.05, 3.63) is 23.9 Å². The molecule has 1 aliphatic heterocycles. The number of pyridine rings is 1. The van der Waals surface area contributed by atoms with E-state index in [4.69, 9.17) is 5.73 Å². The van der Waals surface area contributed by atoms with Gasteiger partial charge in [-0.1, -0.05) is 12.8 Å². The molecule has 2 fully saturated rings. The summed E-state index contributed by atoms with van der Waals surface area (Å²) in [6, 6.07) is 3.74. The van der Waals surface area contributed by atoms with Crippen molar-refractivity contribution in [2.45, 2.75) is 38.1 Å². The summed E-state index contributed by atoms with van der Waals surface area (Å²) < 4.78 is 0. The first-order valence-corrected chi connectivity index (χ1v) is 8.31. The zero-order valence-electron chi connectivity index (χ0n) is 13.6. The minimum Gasteiger partial charge on any atom is -0.384 e. The molecular formula is C17H24N4O2. The van der Waals surface area contributed by atoms with Gasteiger partial charge in [0.25, 0.3) is 5.91 Å². The Hall–Kier alpha value is -2.11. The second kappa shape index (κ2) is 6.56. The van der Waals surface area contributed by atoms with Gasteiger partial charge >= 0.3 is 0 Å². The van der Waals surface area contributed by atoms with Gasteiger partial charge in [0.1, 0.15) is 5.82 Å². The Bertz CT molecular complexity index is 581. The maximum Gasteiger partial charge on any atom is 0.255 e. The fraction of sp³-hybridized carbons (Fsp3) is 0.588. The van der Waals surface area contributed by atoms with Crippen LogP contribution in [0.15, 0.2) is 18.3 Å². The van der Waals surface area contributed by atoms with Gasteiger partial charge in [-0.05, 0) is 25.0 Å². The fourth-order valence-corrected chi connectivity index (χ4v) is 3.72. The van der Waals surface area contributed by atoms with E-state index in [1.807, 2.05) is 4.90 Å². The molecular weight excluding hydrogens is 292 g/mol. The summed E-state index contributed by atoms with van der Waals surface area (Å²) in [7, 11) is 1.78. The lowest BCUT2D eigenvalue weighted by Crippen LogP contribution is -2.36. The van der Waals surface area contributed by atoms with Gasteiger partial charge in [0, 0.05) is 44.7 Å². The van der Waals surface area contributed by atoms with E-state index >= 15 is 0 Å². The molecule has 2 N–H and O–H groups in total. The van der Waals surface area contributed by atoms with Crippen LogP contribution in [0, 0.1) is 5.92 Å². The van der Waals surface area contributed by atoms with Gasteiger partial charge in [-0.15, -0.1) is 0 Å². The lowest BCUT2D eigenvalue weighted by Gasteiger charge is -2.25. The number of hydrogen-bond donors (Lipinski definition) is 1. The van der Waals surface area contributed by atoms with Crippen LogP contribution < -0.4 is 5.73 Å². The normalized spacial score (nSPS) is 21.9. The van der Waals surface area contributed by atoms with Crippen molar-refractivity contribution < 1.29 is 9.59 Å². The van der Waals surface area contributed by atoms with Gasteiger partial charge < -0.3 is 15.5 Å². The summed E-state index contributed by atoms with van der Waals surface area (Å²) in [5.74, 6) is 0.790. The number of hydrogen-bond acceptors (Lipinski definition) is 4. The number of amides is 2. The lowest BCUT2D eigenvalue weighted by atomic mass is 10.1. The molecule has 0 aromatic carbocycles. The Kier molecular flexibility index (Phi) is 4.50. The zero-order chi connectivity index (χ0) is 16.4. The van der Waals surface area contributed by atoms with Crippen molar-refractivity contribution in [3.8, 4) is 0 Å². The third-order valence-corrected chi connectivity index (χ3v) is 4.92. The Morgan fingerprint density at radius 1 is 1.39 bits per heavy atom. The van der Waals surface area contributed by atoms with Gasteiger partial charge in [0.05, 0.1) is 5.56 Å². The Balaban J connectivity index is 1.57. The highest BCUT2D eigenvalue weighted by molar-refractivity contribution is 5.94. The third-order valence-electron chi connectivity index (χ3n) is 4.92. The number of rotatable bonds is 4. The van der Waals surface area contributed by atoms with Crippen LogP contribution in [0.1, 0.15) is 42.5 Å². The molecule has 2 amide bonds. The molecule has 0 radical (unpaired) electrons. The van der Waals surface area contributed by atoms with E-state index in [-0.39, 0.29) is 17.7 Å². The van der Waals surface area contributed by atoms with Crippen LogP contribution in [0.25, 0.3) is 0 Å². The number of carbonyl (C=O) groups is 2. The standard InChI is InChI=1S/C17H24N4O2/c1-20(17(23)13-6-7-15(18)19-9-13)10-12-8-16(22)21(11-12)14-4-2-3-5-14/h6-7,9,12,14H,2-5,8,10-11H2,1H3,(H2,18,19). The van der Waals surface area contributed by atoms with Crippen molar-refractivity contribution >= 4 is 17.6 Å². The monoisotopic (exact) mass is 316 g/mol. The van der Waals surface area contributed by atoms with E-state index < -0.39 is 0 Å². The molecule has 124 valence electrons. The second-order valence-corrected chi connectivity index (χ2v) is 6.71. The molecule has 6 heteroatoms. The second-order valence-electron chi connectivity index (χ2n) is 6.71. The van der Waals surface area contributed by atoms with Gasteiger partial charge in [-0.3, -0.25) is 9.59 Å². The fourth-order valence-electron chi connectivity index (χ4n) is 3.72. The number of nitrogens with two attached hydrogens (primary N) is 1. The number of nitrogens with zero attached hydrogens (tertiary/aromatic N) is 3. The smallest absolute Gasteiger partial charge is 0.255 e. The molecule has 2 aliphatic rings. The SMILES string of the molecule is CN(CC1CC(=O)N(C2CCCC2)C1)C(=O)c1ccc(N)nc1. The molecule has 1 aromatic heterocycles. The van der Waals surface area contributed by atoms with Crippen molar-refractivity contribution in [1.82, 2.24) is 14.8 Å². The Morgan fingerprint density at radius 3 is 2.78 bits per heavy atom. The van der Waals surface area contributed by atoms with Crippen LogP contribution in [0.4, 0.5) is 5.82 Å². The first-order chi connectivity index (χ1) is 11.0. The summed E-state index contributed by atoms with van der Waals surface area (Å²) in [5.41, 5.74) is 6.07. The van der Waals surface area contributed by atoms with Gasteiger partial charge in [0.2, 0.25) is 5.91 Å². The van der Waals surface area contributed by atoms with Crippen LogP contribution in [-0.4, -0.2) is 52.8 Å². The zero-order valence-corrected chi connectivity index (χ0v) is 13.6. The summed E-state index contributed by atoms with van der Waals surface area (Å²) in [6.07, 6.45) is 6.75. The predicted molar refractivity (Wildman–Crippen MR) is 87.7 cm³/mol. The van der Waals surface area contributed by atoms with Crippen molar-refractivity contribution in [2.24, 2.45) is 5.92 Å². The van der Waals surface area contributed by atoms with E-state index in [0.717, 1.165) is 19.4 Å². The summed E-state index contributed by atoms with van der Waals surface area (Å²) >= 11 is 0. The first kappa shape index (κ1) is 15.8. The highest BCUT2D eigenvalue weighted by atomic mass is 16.2. The number of aromatic nitrogens is 1. The molecule has 0 spiro atoms. The highest BCUT2D eigenvalue weighted by Gasteiger charge is 2.36. The maximum absolute atomic E-state index is 12.4. The third kappa shape index (κ3) is 3.46. The van der Waals surface area contributed by atoms with Crippen molar-refractivity contribution in [2.75, 3.05) is 25.9 Å². The molecule has 1 atom stereocenters. The summed E-state index contributed by atoms with van der Waals surface area (Å²) in [5, 5.41) is 0. The first-order valence-electron chi connectivity index (χ1n) is 8.31.